The first kappa shape index (κ1) is 7.23. The van der Waals surface area contributed by atoms with E-state index in [0.29, 0.717) is 6.42 Å². The van der Waals surface area contributed by atoms with E-state index < -0.39 is 0 Å². The molecule has 0 rings (SSSR count). The molecule has 0 spiro atoms. The van der Waals surface area contributed by atoms with Crippen molar-refractivity contribution < 1.29 is 4.79 Å². The smallest absolute Gasteiger partial charge is 0.119 e. The van der Waals surface area contributed by atoms with E-state index in [1.807, 2.05) is 0 Å². The van der Waals surface area contributed by atoms with Crippen LogP contribution in [-0.4, -0.2) is 6.29 Å². The molecule has 1 nitrogen and oxygen atoms in total. The molecule has 0 saturated heterocycles. The second-order valence-electron chi connectivity index (χ2n) is 1.62. The molecule has 0 aliphatic rings. The van der Waals surface area contributed by atoms with Gasteiger partial charge in [-0.2, -0.15) is 0 Å². The van der Waals surface area contributed by atoms with Crippen molar-refractivity contribution in [3.8, 4) is 12.3 Å². The van der Waals surface area contributed by atoms with Gasteiger partial charge in [0.25, 0.3) is 0 Å². The monoisotopic (exact) mass is 110 g/mol. The summed E-state index contributed by atoms with van der Waals surface area (Å²) in [5, 5.41) is 0. The molecule has 0 amide bonds. The molecule has 0 unspecified atom stereocenters. The van der Waals surface area contributed by atoms with E-state index in [1.54, 1.807) is 0 Å². The largest absolute Gasteiger partial charge is 0.303 e. The van der Waals surface area contributed by atoms with E-state index in [9.17, 15) is 4.79 Å². The Bertz CT molecular complexity index is 89.1. The highest BCUT2D eigenvalue weighted by molar-refractivity contribution is 5.48. The summed E-state index contributed by atoms with van der Waals surface area (Å²) in [5.41, 5.74) is 0. The molecule has 0 aromatic rings. The van der Waals surface area contributed by atoms with Crippen molar-refractivity contribution in [2.75, 3.05) is 0 Å². The molecule has 0 radical (unpaired) electrons. The summed E-state index contributed by atoms with van der Waals surface area (Å²) in [4.78, 5) is 9.72. The third-order valence-electron chi connectivity index (χ3n) is 0.893. The SMILES string of the molecule is C#CCCCCC=O. The zero-order valence-corrected chi connectivity index (χ0v) is 4.89. The van der Waals surface area contributed by atoms with Crippen LogP contribution in [0.3, 0.4) is 0 Å². The van der Waals surface area contributed by atoms with Gasteiger partial charge in [-0.1, -0.05) is 0 Å². The quantitative estimate of drug-likeness (QED) is 0.303. The van der Waals surface area contributed by atoms with E-state index in [2.05, 4.69) is 5.92 Å². The molecule has 0 atom stereocenters. The minimum Gasteiger partial charge on any atom is -0.303 e. The van der Waals surface area contributed by atoms with E-state index in [-0.39, 0.29) is 0 Å². The zero-order valence-electron chi connectivity index (χ0n) is 4.89. The number of carbonyl (C=O) groups excluding carboxylic acids is 1. The number of carbonyl (C=O) groups is 1. The van der Waals surface area contributed by atoms with Crippen molar-refractivity contribution in [2.45, 2.75) is 25.7 Å². The van der Waals surface area contributed by atoms with Crippen LogP contribution in [0.25, 0.3) is 0 Å². The fourth-order valence-electron chi connectivity index (χ4n) is 0.455. The molecular weight excluding hydrogens is 100 g/mol. The van der Waals surface area contributed by atoms with Gasteiger partial charge >= 0.3 is 0 Å². The zero-order chi connectivity index (χ0) is 6.24. The van der Waals surface area contributed by atoms with E-state index in [1.165, 1.54) is 0 Å². The van der Waals surface area contributed by atoms with Gasteiger partial charge in [0.1, 0.15) is 6.29 Å². The van der Waals surface area contributed by atoms with Gasteiger partial charge in [-0.3, -0.25) is 0 Å². The van der Waals surface area contributed by atoms with Crippen LogP contribution in [-0.2, 0) is 4.79 Å². The molecule has 0 bridgehead atoms. The fraction of sp³-hybridized carbons (Fsp3) is 0.571. The predicted octanol–water partition coefficient (Wildman–Crippen LogP) is 1.38. The highest BCUT2D eigenvalue weighted by Crippen LogP contribution is 1.94. The van der Waals surface area contributed by atoms with Crippen LogP contribution in [0.4, 0.5) is 0 Å². The molecule has 44 valence electrons. The number of rotatable bonds is 4. The van der Waals surface area contributed by atoms with Gasteiger partial charge in [0.15, 0.2) is 0 Å². The van der Waals surface area contributed by atoms with Gasteiger partial charge < -0.3 is 4.79 Å². The van der Waals surface area contributed by atoms with Crippen LogP contribution >= 0.6 is 0 Å². The second-order valence-corrected chi connectivity index (χ2v) is 1.62. The van der Waals surface area contributed by atoms with Crippen molar-refractivity contribution in [3.63, 3.8) is 0 Å². The van der Waals surface area contributed by atoms with E-state index >= 15 is 0 Å². The molecule has 8 heavy (non-hydrogen) atoms. The van der Waals surface area contributed by atoms with E-state index in [4.69, 9.17) is 6.42 Å². The number of terminal acetylenes is 1. The van der Waals surface area contributed by atoms with Crippen LogP contribution in [0, 0.1) is 12.3 Å². The second kappa shape index (κ2) is 6.23. The maximum atomic E-state index is 9.72. The molecule has 0 fully saturated rings. The van der Waals surface area contributed by atoms with Crippen molar-refractivity contribution in [2.24, 2.45) is 0 Å². The highest BCUT2D eigenvalue weighted by Gasteiger charge is 1.81. The Kier molecular flexibility index (Phi) is 5.63. The lowest BCUT2D eigenvalue weighted by atomic mass is 10.2. The number of aldehydes is 1. The van der Waals surface area contributed by atoms with Crippen molar-refractivity contribution >= 4 is 6.29 Å². The third kappa shape index (κ3) is 5.23. The fourth-order valence-corrected chi connectivity index (χ4v) is 0.455. The number of hydrogen-bond acceptors (Lipinski definition) is 1. The molecule has 1 heteroatoms. The Hall–Kier alpha value is -0.770. The van der Waals surface area contributed by atoms with Crippen LogP contribution in [0.15, 0.2) is 0 Å². The van der Waals surface area contributed by atoms with Gasteiger partial charge in [-0.05, 0) is 12.8 Å². The van der Waals surface area contributed by atoms with Crippen LogP contribution in [0.1, 0.15) is 25.7 Å². The lowest BCUT2D eigenvalue weighted by molar-refractivity contribution is -0.107. The van der Waals surface area contributed by atoms with Crippen molar-refractivity contribution in [1.82, 2.24) is 0 Å². The van der Waals surface area contributed by atoms with Gasteiger partial charge in [-0.15, -0.1) is 12.3 Å². The normalized spacial score (nSPS) is 7.88. The average Bonchev–Trinajstić information content (AvgIpc) is 1.81. The van der Waals surface area contributed by atoms with Gasteiger partial charge in [0.2, 0.25) is 0 Å². The summed E-state index contributed by atoms with van der Waals surface area (Å²) >= 11 is 0. The summed E-state index contributed by atoms with van der Waals surface area (Å²) in [6, 6.07) is 0. The molecule has 0 aromatic carbocycles. The maximum Gasteiger partial charge on any atom is 0.119 e. The minimum atomic E-state index is 0.654. The lowest BCUT2D eigenvalue weighted by Gasteiger charge is -1.85. The number of hydrogen-bond donors (Lipinski definition) is 0. The van der Waals surface area contributed by atoms with Crippen LogP contribution in [0.2, 0.25) is 0 Å². The minimum absolute atomic E-state index is 0.654. The standard InChI is InChI=1S/C7H10O/c1-2-3-4-5-6-7-8/h1,7H,3-6H2. The Labute approximate surface area is 50.1 Å². The third-order valence-corrected chi connectivity index (χ3v) is 0.893. The average molecular weight is 110 g/mol. The summed E-state index contributed by atoms with van der Waals surface area (Å²) in [6.45, 7) is 0. The Balaban J connectivity index is 2.74. The Morgan fingerprint density at radius 2 is 2.25 bits per heavy atom. The molecule has 0 saturated carbocycles. The summed E-state index contributed by atoms with van der Waals surface area (Å²) in [7, 11) is 0. The predicted molar refractivity (Wildman–Crippen MR) is 33.4 cm³/mol. The highest BCUT2D eigenvalue weighted by atomic mass is 16.1. The topological polar surface area (TPSA) is 17.1 Å². The molecule has 0 heterocycles. The van der Waals surface area contributed by atoms with E-state index in [0.717, 1.165) is 25.5 Å². The van der Waals surface area contributed by atoms with Gasteiger partial charge in [0.05, 0.1) is 0 Å². The lowest BCUT2D eigenvalue weighted by Crippen LogP contribution is -1.75. The molecule has 0 aliphatic carbocycles. The summed E-state index contributed by atoms with van der Waals surface area (Å²) < 4.78 is 0. The first-order valence-corrected chi connectivity index (χ1v) is 2.79. The maximum absolute atomic E-state index is 9.72. The van der Waals surface area contributed by atoms with Crippen LogP contribution < -0.4 is 0 Å². The number of unbranched alkanes of at least 4 members (excludes halogenated alkanes) is 3. The Morgan fingerprint density at radius 1 is 1.50 bits per heavy atom. The molecule has 0 aromatic heterocycles. The van der Waals surface area contributed by atoms with Gasteiger partial charge in [-0.25, -0.2) is 0 Å². The molecule has 0 N–H and O–H groups in total. The van der Waals surface area contributed by atoms with Crippen LogP contribution in [0.5, 0.6) is 0 Å². The Morgan fingerprint density at radius 3 is 2.75 bits per heavy atom. The first-order valence-electron chi connectivity index (χ1n) is 2.79. The molecule has 0 aliphatic heterocycles. The van der Waals surface area contributed by atoms with Crippen molar-refractivity contribution in [1.29, 1.82) is 0 Å². The first-order chi connectivity index (χ1) is 3.91. The summed E-state index contributed by atoms with van der Waals surface area (Å²) in [5.74, 6) is 2.51. The summed E-state index contributed by atoms with van der Waals surface area (Å²) in [6.07, 6.45) is 9.27. The van der Waals surface area contributed by atoms with Gasteiger partial charge in [0, 0.05) is 12.8 Å². The molecular formula is C7H10O. The van der Waals surface area contributed by atoms with Crippen molar-refractivity contribution in [3.05, 3.63) is 0 Å².